The van der Waals surface area contributed by atoms with E-state index in [0.717, 1.165) is 41.4 Å². The molecule has 0 bridgehead atoms. The van der Waals surface area contributed by atoms with Gasteiger partial charge in [0.1, 0.15) is 29.3 Å². The zero-order chi connectivity index (χ0) is 37.5. The van der Waals surface area contributed by atoms with Gasteiger partial charge in [-0.1, -0.05) is 49.3 Å². The normalized spacial score (nSPS) is 24.8. The molecular weight excluding hydrogens is 698 g/mol. The summed E-state index contributed by atoms with van der Waals surface area (Å²) in [5.74, 6) is -1.30. The SMILES string of the molecule is Cc1nc2ccccc2c2c1O[C@]1(CC2)C[C@@H](C(N)=O)N(C(=O)[C@H](CCCCC/C=C\[C@@H]2C[C@@H]2C(=O)NS(=O)(=O)C2(C)CC2)Nc2cccc(F)c2)C1. The number of carbonyl (C=O) groups is 3. The summed E-state index contributed by atoms with van der Waals surface area (Å²) in [7, 11) is -3.63. The average Bonchev–Trinajstić information content (AvgIpc) is 4.04. The second-order valence-electron chi connectivity index (χ2n) is 15.6. The van der Waals surface area contributed by atoms with E-state index in [0.29, 0.717) is 56.4 Å². The number of nitrogens with two attached hydrogens (primary N) is 1. The number of halogens is 1. The number of unbranched alkanes of at least 4 members (excludes halogenated alkanes) is 3. The third-order valence-electron chi connectivity index (χ3n) is 11.5. The maximum absolute atomic E-state index is 14.4. The number of aryl methyl sites for hydroxylation is 2. The summed E-state index contributed by atoms with van der Waals surface area (Å²) in [4.78, 5) is 46.0. The number of likely N-dealkylation sites (tertiary alicyclic amines) is 1. The lowest BCUT2D eigenvalue weighted by Gasteiger charge is -2.36. The highest BCUT2D eigenvalue weighted by molar-refractivity contribution is 7.91. The summed E-state index contributed by atoms with van der Waals surface area (Å²) in [5.41, 5.74) is 8.34. The molecule has 4 aliphatic rings. The number of rotatable bonds is 14. The van der Waals surface area contributed by atoms with Crippen molar-refractivity contribution in [3.05, 3.63) is 77.8 Å². The number of nitrogens with one attached hydrogen (secondary N) is 2. The van der Waals surface area contributed by atoms with E-state index in [2.05, 4.69) is 10.0 Å². The van der Waals surface area contributed by atoms with Crippen molar-refractivity contribution >= 4 is 44.3 Å². The Kier molecular flexibility index (Phi) is 9.99. The zero-order valence-corrected chi connectivity index (χ0v) is 31.1. The molecule has 3 aromatic rings. The van der Waals surface area contributed by atoms with Crippen molar-refractivity contribution in [2.24, 2.45) is 17.6 Å². The number of amides is 3. The van der Waals surface area contributed by atoms with Gasteiger partial charge in [0.25, 0.3) is 0 Å². The van der Waals surface area contributed by atoms with Gasteiger partial charge in [-0.2, -0.15) is 0 Å². The minimum atomic E-state index is -3.63. The molecule has 1 aromatic heterocycles. The molecule has 5 atom stereocenters. The Balaban J connectivity index is 0.969. The Bertz CT molecular complexity index is 2070. The van der Waals surface area contributed by atoms with Gasteiger partial charge in [0.2, 0.25) is 27.7 Å². The van der Waals surface area contributed by atoms with Gasteiger partial charge in [-0.3, -0.25) is 19.1 Å². The maximum Gasteiger partial charge on any atom is 0.245 e. The van der Waals surface area contributed by atoms with E-state index in [-0.39, 0.29) is 30.7 Å². The first-order chi connectivity index (χ1) is 25.3. The molecule has 4 N–H and O–H groups in total. The number of fused-ring (bicyclic) bond motifs is 3. The van der Waals surface area contributed by atoms with E-state index in [1.165, 1.54) is 12.1 Å². The van der Waals surface area contributed by atoms with Gasteiger partial charge in [-0.15, -0.1) is 0 Å². The van der Waals surface area contributed by atoms with Crippen LogP contribution in [0.3, 0.4) is 0 Å². The van der Waals surface area contributed by atoms with E-state index in [4.69, 9.17) is 15.5 Å². The summed E-state index contributed by atoms with van der Waals surface area (Å²) in [6, 6.07) is 12.3. The molecule has 13 heteroatoms. The van der Waals surface area contributed by atoms with E-state index in [1.54, 1.807) is 24.0 Å². The van der Waals surface area contributed by atoms with Crippen molar-refractivity contribution < 1.29 is 31.9 Å². The van der Waals surface area contributed by atoms with Crippen LogP contribution in [-0.2, 0) is 30.8 Å². The molecular formula is C40H48FN5O6S. The van der Waals surface area contributed by atoms with E-state index in [1.807, 2.05) is 43.3 Å². The third kappa shape index (κ3) is 7.76. The van der Waals surface area contributed by atoms with Gasteiger partial charge < -0.3 is 20.7 Å². The predicted molar refractivity (Wildman–Crippen MR) is 200 cm³/mol. The van der Waals surface area contributed by atoms with Crippen molar-refractivity contribution in [1.29, 1.82) is 0 Å². The van der Waals surface area contributed by atoms with Crippen LogP contribution < -0.4 is 20.5 Å². The number of anilines is 1. The van der Waals surface area contributed by atoms with E-state index < -0.39 is 50.1 Å². The fraction of sp³-hybridized carbons (Fsp3) is 0.500. The molecule has 2 aliphatic heterocycles. The van der Waals surface area contributed by atoms with E-state index in [9.17, 15) is 27.2 Å². The smallest absolute Gasteiger partial charge is 0.245 e. The van der Waals surface area contributed by atoms with Crippen LogP contribution in [-0.4, -0.2) is 65.0 Å². The molecule has 7 rings (SSSR count). The molecule has 3 amide bonds. The van der Waals surface area contributed by atoms with Crippen LogP contribution >= 0.6 is 0 Å². The standard InChI is InChI=1S/C40H48FN5O6S/c1-25-35-30(29-14-8-9-15-32(29)43-25)17-18-40(52-35)23-34(36(42)47)46(24-40)38(49)33(44-28-13-10-12-27(41)22-28)16-7-5-3-4-6-11-26-21-31(26)37(48)45-53(50,51)39(2)19-20-39/h6,8-15,22,26,31,33-34,44H,3-5,7,16-21,23-24H2,1-2H3,(H2,42,47)(H,45,48)/b11-6-/t26-,31+,33+,34+,40-/m1/s1. The second kappa shape index (κ2) is 14.4. The number of nitrogens with zero attached hydrogens (tertiary/aromatic N) is 2. The van der Waals surface area contributed by atoms with Crippen molar-refractivity contribution in [3.63, 3.8) is 0 Å². The Labute approximate surface area is 310 Å². The molecule has 2 saturated carbocycles. The zero-order valence-electron chi connectivity index (χ0n) is 30.3. The molecule has 53 heavy (non-hydrogen) atoms. The number of benzene rings is 2. The van der Waals surface area contributed by atoms with Crippen molar-refractivity contribution in [2.45, 2.75) is 107 Å². The molecule has 3 fully saturated rings. The Morgan fingerprint density at radius 2 is 1.91 bits per heavy atom. The number of hydrogen-bond acceptors (Lipinski definition) is 8. The highest BCUT2D eigenvalue weighted by Gasteiger charge is 2.54. The number of sulfonamides is 1. The topological polar surface area (TPSA) is 161 Å². The molecule has 2 aromatic carbocycles. The van der Waals surface area contributed by atoms with E-state index >= 15 is 0 Å². The first-order valence-electron chi connectivity index (χ1n) is 18.7. The highest BCUT2D eigenvalue weighted by Crippen LogP contribution is 2.46. The molecule has 1 saturated heterocycles. The summed E-state index contributed by atoms with van der Waals surface area (Å²) in [6.45, 7) is 3.77. The number of hydrogen-bond donors (Lipinski definition) is 3. The number of carbonyl (C=O) groups excluding carboxylic acids is 3. The number of allylic oxidation sites excluding steroid dienone is 2. The number of pyridine rings is 1. The lowest BCUT2D eigenvalue weighted by atomic mass is 9.87. The van der Waals surface area contributed by atoms with Crippen LogP contribution in [0.15, 0.2) is 60.7 Å². The van der Waals surface area contributed by atoms with Crippen molar-refractivity contribution in [3.8, 4) is 5.75 Å². The number of ether oxygens (including phenoxy) is 1. The molecule has 3 heterocycles. The minimum absolute atomic E-state index is 0.0396. The molecule has 282 valence electrons. The van der Waals surface area contributed by atoms with Crippen LogP contribution in [0, 0.1) is 24.6 Å². The first kappa shape index (κ1) is 36.8. The molecule has 0 unspecified atom stereocenters. The Hall–Kier alpha value is -4.52. The quantitative estimate of drug-likeness (QED) is 0.145. The van der Waals surface area contributed by atoms with Gasteiger partial charge in [-0.05, 0) is 95.4 Å². The van der Waals surface area contributed by atoms with Crippen LogP contribution in [0.5, 0.6) is 5.75 Å². The number of aromatic nitrogens is 1. The van der Waals surface area contributed by atoms with Crippen molar-refractivity contribution in [2.75, 3.05) is 11.9 Å². The van der Waals surface area contributed by atoms with Crippen molar-refractivity contribution in [1.82, 2.24) is 14.6 Å². The summed E-state index contributed by atoms with van der Waals surface area (Å²) in [5, 5.41) is 4.27. The molecule has 2 aliphatic carbocycles. The predicted octanol–water partition coefficient (Wildman–Crippen LogP) is 5.45. The third-order valence-corrected chi connectivity index (χ3v) is 13.7. The van der Waals surface area contributed by atoms with Gasteiger partial charge in [0.15, 0.2) is 0 Å². The molecule has 1 spiro atoms. The monoisotopic (exact) mass is 745 g/mol. The summed E-state index contributed by atoms with van der Waals surface area (Å²) >= 11 is 0. The van der Waals surface area contributed by atoms with Gasteiger partial charge in [0, 0.05) is 29.0 Å². The Morgan fingerprint density at radius 3 is 2.66 bits per heavy atom. The molecule has 11 nitrogen and oxygen atoms in total. The minimum Gasteiger partial charge on any atom is -0.483 e. The summed E-state index contributed by atoms with van der Waals surface area (Å²) < 4.78 is 47.1. The van der Waals surface area contributed by atoms with Gasteiger partial charge in [-0.25, -0.2) is 17.8 Å². The highest BCUT2D eigenvalue weighted by atomic mass is 32.2. The largest absolute Gasteiger partial charge is 0.483 e. The van der Waals surface area contributed by atoms with Crippen LogP contribution in [0.1, 0.15) is 82.4 Å². The first-order valence-corrected chi connectivity index (χ1v) is 20.2. The van der Waals surface area contributed by atoms with Crippen LogP contribution in [0.2, 0.25) is 0 Å². The second-order valence-corrected chi connectivity index (χ2v) is 17.8. The fourth-order valence-electron chi connectivity index (χ4n) is 7.89. The van der Waals surface area contributed by atoms with Crippen LogP contribution in [0.4, 0.5) is 10.1 Å². The summed E-state index contributed by atoms with van der Waals surface area (Å²) in [6.07, 6.45) is 11.0. The van der Waals surface area contributed by atoms with Crippen LogP contribution in [0.25, 0.3) is 10.9 Å². The van der Waals surface area contributed by atoms with Gasteiger partial charge >= 0.3 is 0 Å². The lowest BCUT2D eigenvalue weighted by molar-refractivity contribution is -0.138. The lowest BCUT2D eigenvalue weighted by Crippen LogP contribution is -2.50. The fourth-order valence-corrected chi connectivity index (χ4v) is 9.19. The molecule has 0 radical (unpaired) electrons. The Morgan fingerprint density at radius 1 is 1.11 bits per heavy atom. The number of para-hydroxylation sites is 1. The number of primary amides is 1. The average molecular weight is 746 g/mol. The van der Waals surface area contributed by atoms with Gasteiger partial charge in [0.05, 0.1) is 22.5 Å². The maximum atomic E-state index is 14.4.